The van der Waals surface area contributed by atoms with Gasteiger partial charge in [0.2, 0.25) is 0 Å². The number of rotatable bonds is 8. The van der Waals surface area contributed by atoms with Crippen molar-refractivity contribution in [2.75, 3.05) is 20.3 Å². The fraction of sp³-hybridized carbons (Fsp3) is 0.312. The predicted molar refractivity (Wildman–Crippen MR) is 148 cm³/mol. The molecule has 4 rings (SSSR count). The molecule has 0 aliphatic carbocycles. The quantitative estimate of drug-likeness (QED) is 0.229. The molecule has 1 amide bonds. The van der Waals surface area contributed by atoms with Crippen LogP contribution >= 0.6 is 0 Å². The van der Waals surface area contributed by atoms with E-state index in [1.165, 1.54) is 4.90 Å². The maximum absolute atomic E-state index is 13.2. The molecule has 0 saturated carbocycles. The normalized spacial score (nSPS) is 17.2. The summed E-state index contributed by atoms with van der Waals surface area (Å²) in [6.45, 7) is 9.34. The number of aliphatic hydroxyl groups is 1. The highest BCUT2D eigenvalue weighted by atomic mass is 16.5. The number of ketones is 1. The Morgan fingerprint density at radius 2 is 1.61 bits per heavy atom. The van der Waals surface area contributed by atoms with Gasteiger partial charge in [-0.15, -0.1) is 0 Å². The third-order valence-corrected chi connectivity index (χ3v) is 6.95. The van der Waals surface area contributed by atoms with Crippen molar-refractivity contribution in [1.82, 2.24) is 4.90 Å². The van der Waals surface area contributed by atoms with Crippen LogP contribution in [0.2, 0.25) is 0 Å². The van der Waals surface area contributed by atoms with Crippen molar-refractivity contribution in [2.45, 2.75) is 45.8 Å². The van der Waals surface area contributed by atoms with Crippen LogP contribution in [0.4, 0.5) is 0 Å². The Balaban J connectivity index is 1.66. The second kappa shape index (κ2) is 11.2. The molecule has 1 atom stereocenters. The summed E-state index contributed by atoms with van der Waals surface area (Å²) in [7, 11) is 1.55. The molecule has 1 aliphatic rings. The third-order valence-electron chi connectivity index (χ3n) is 6.95. The maximum atomic E-state index is 13.2. The monoisotopic (exact) mass is 513 g/mol. The number of carbonyl (C=O) groups is 2. The van der Waals surface area contributed by atoms with E-state index in [0.29, 0.717) is 17.9 Å². The van der Waals surface area contributed by atoms with Crippen molar-refractivity contribution >= 4 is 17.4 Å². The summed E-state index contributed by atoms with van der Waals surface area (Å²) in [5, 5.41) is 11.3. The number of carbonyl (C=O) groups excluding carboxylic acids is 2. The van der Waals surface area contributed by atoms with Crippen molar-refractivity contribution in [1.29, 1.82) is 0 Å². The van der Waals surface area contributed by atoms with E-state index in [4.69, 9.17) is 9.47 Å². The SMILES string of the molecule is COCCN1C(=O)C(=O)/C(=C(/O)c2ccc(OCc3ccccc3C)cc2)C1c1ccc(C(C)(C)C)cc1. The Bertz CT molecular complexity index is 1330. The van der Waals surface area contributed by atoms with Gasteiger partial charge in [0.05, 0.1) is 18.2 Å². The molecular weight excluding hydrogens is 478 g/mol. The zero-order valence-electron chi connectivity index (χ0n) is 22.7. The number of ether oxygens (including phenoxy) is 2. The van der Waals surface area contributed by atoms with Crippen LogP contribution in [0, 0.1) is 6.92 Å². The van der Waals surface area contributed by atoms with E-state index >= 15 is 0 Å². The van der Waals surface area contributed by atoms with Gasteiger partial charge < -0.3 is 19.5 Å². The number of nitrogens with zero attached hydrogens (tertiary/aromatic N) is 1. The number of benzene rings is 3. The first kappa shape index (κ1) is 27.1. The van der Waals surface area contributed by atoms with Gasteiger partial charge in [-0.25, -0.2) is 0 Å². The van der Waals surface area contributed by atoms with Gasteiger partial charge in [-0.05, 0) is 58.9 Å². The minimum atomic E-state index is -0.712. The van der Waals surface area contributed by atoms with Gasteiger partial charge in [0.1, 0.15) is 18.1 Å². The molecule has 1 fully saturated rings. The average Bonchev–Trinajstić information content (AvgIpc) is 3.16. The lowest BCUT2D eigenvalue weighted by molar-refractivity contribution is -0.140. The summed E-state index contributed by atoms with van der Waals surface area (Å²) in [6.07, 6.45) is 0. The van der Waals surface area contributed by atoms with Gasteiger partial charge >= 0.3 is 0 Å². The molecule has 6 heteroatoms. The topological polar surface area (TPSA) is 76.1 Å². The highest BCUT2D eigenvalue weighted by Gasteiger charge is 2.45. The van der Waals surface area contributed by atoms with E-state index in [1.54, 1.807) is 31.4 Å². The molecule has 0 spiro atoms. The second-order valence-electron chi connectivity index (χ2n) is 10.6. The summed E-state index contributed by atoms with van der Waals surface area (Å²) in [5.74, 6) is -0.923. The predicted octanol–water partition coefficient (Wildman–Crippen LogP) is 5.94. The summed E-state index contributed by atoms with van der Waals surface area (Å²) < 4.78 is 11.1. The van der Waals surface area contributed by atoms with Crippen LogP contribution in [0.1, 0.15) is 54.6 Å². The molecule has 1 aliphatic heterocycles. The largest absolute Gasteiger partial charge is 0.507 e. The highest BCUT2D eigenvalue weighted by Crippen LogP contribution is 2.40. The molecule has 198 valence electrons. The summed E-state index contributed by atoms with van der Waals surface area (Å²) in [6, 6.07) is 22.1. The van der Waals surface area contributed by atoms with Gasteiger partial charge in [-0.2, -0.15) is 0 Å². The van der Waals surface area contributed by atoms with Crippen LogP contribution in [-0.4, -0.2) is 42.0 Å². The van der Waals surface area contributed by atoms with E-state index in [2.05, 4.69) is 20.8 Å². The first-order chi connectivity index (χ1) is 18.1. The van der Waals surface area contributed by atoms with Crippen LogP contribution in [0.5, 0.6) is 5.75 Å². The van der Waals surface area contributed by atoms with E-state index in [0.717, 1.165) is 22.3 Å². The standard InChI is InChI=1S/C32H35NO5/c1-21-8-6-7-9-24(21)20-38-26-16-12-23(13-17-26)29(34)27-28(33(18-19-37-5)31(36)30(27)35)22-10-14-25(15-11-22)32(2,3)4/h6-17,28,34H,18-20H2,1-5H3/b29-27+. The van der Waals surface area contributed by atoms with Crippen LogP contribution in [-0.2, 0) is 26.3 Å². The Hall–Kier alpha value is -3.90. The Morgan fingerprint density at radius 3 is 2.21 bits per heavy atom. The number of methoxy groups -OCH3 is 1. The van der Waals surface area contributed by atoms with Gasteiger partial charge in [-0.3, -0.25) is 9.59 Å². The van der Waals surface area contributed by atoms with Gasteiger partial charge in [0.25, 0.3) is 11.7 Å². The van der Waals surface area contributed by atoms with Crippen LogP contribution < -0.4 is 4.74 Å². The number of Topliss-reactive ketones (excluding diaryl/α,β-unsaturated/α-hetero) is 1. The molecule has 6 nitrogen and oxygen atoms in total. The molecule has 0 radical (unpaired) electrons. The van der Waals surface area contributed by atoms with E-state index < -0.39 is 17.7 Å². The number of aryl methyl sites for hydroxylation is 1. The van der Waals surface area contributed by atoms with Gasteiger partial charge in [0.15, 0.2) is 0 Å². The Labute approximate surface area is 224 Å². The summed E-state index contributed by atoms with van der Waals surface area (Å²) in [4.78, 5) is 27.7. The van der Waals surface area contributed by atoms with E-state index in [-0.39, 0.29) is 29.9 Å². The second-order valence-corrected chi connectivity index (χ2v) is 10.6. The molecule has 1 unspecified atom stereocenters. The minimum Gasteiger partial charge on any atom is -0.507 e. The van der Waals surface area contributed by atoms with Gasteiger partial charge in [0, 0.05) is 19.2 Å². The molecule has 1 N–H and O–H groups in total. The molecule has 1 heterocycles. The molecule has 0 aromatic heterocycles. The molecule has 3 aromatic carbocycles. The number of amides is 1. The maximum Gasteiger partial charge on any atom is 0.295 e. The van der Waals surface area contributed by atoms with Crippen molar-refractivity contribution < 1.29 is 24.2 Å². The van der Waals surface area contributed by atoms with Crippen molar-refractivity contribution in [3.63, 3.8) is 0 Å². The van der Waals surface area contributed by atoms with Crippen molar-refractivity contribution in [3.8, 4) is 5.75 Å². The average molecular weight is 514 g/mol. The number of aliphatic hydroxyl groups excluding tert-OH is 1. The lowest BCUT2D eigenvalue weighted by Crippen LogP contribution is -2.32. The first-order valence-corrected chi connectivity index (χ1v) is 12.8. The zero-order chi connectivity index (χ0) is 27.4. The lowest BCUT2D eigenvalue weighted by Gasteiger charge is -2.26. The van der Waals surface area contributed by atoms with E-state index in [1.807, 2.05) is 55.5 Å². The molecule has 0 bridgehead atoms. The Kier molecular flexibility index (Phi) is 8.02. The number of hydrogen-bond acceptors (Lipinski definition) is 5. The first-order valence-electron chi connectivity index (χ1n) is 12.8. The van der Waals surface area contributed by atoms with Crippen molar-refractivity contribution in [3.05, 3.63) is 106 Å². The summed E-state index contributed by atoms with van der Waals surface area (Å²) >= 11 is 0. The summed E-state index contributed by atoms with van der Waals surface area (Å²) in [5.41, 5.74) is 4.60. The Morgan fingerprint density at radius 1 is 0.947 bits per heavy atom. The third kappa shape index (κ3) is 5.65. The van der Waals surface area contributed by atoms with Gasteiger partial charge in [-0.1, -0.05) is 69.3 Å². The van der Waals surface area contributed by atoms with Crippen molar-refractivity contribution in [2.24, 2.45) is 0 Å². The molecule has 1 saturated heterocycles. The van der Waals surface area contributed by atoms with Crippen LogP contribution in [0.15, 0.2) is 78.4 Å². The lowest BCUT2D eigenvalue weighted by atomic mass is 9.85. The van der Waals surface area contributed by atoms with E-state index in [9.17, 15) is 14.7 Å². The van der Waals surface area contributed by atoms with Crippen LogP contribution in [0.25, 0.3) is 5.76 Å². The fourth-order valence-electron chi connectivity index (χ4n) is 4.61. The number of likely N-dealkylation sites (tertiary alicyclic amines) is 1. The zero-order valence-corrected chi connectivity index (χ0v) is 22.7. The number of hydrogen-bond donors (Lipinski definition) is 1. The smallest absolute Gasteiger partial charge is 0.295 e. The molecular formula is C32H35NO5. The van der Waals surface area contributed by atoms with Crippen LogP contribution in [0.3, 0.4) is 0 Å². The fourth-order valence-corrected chi connectivity index (χ4v) is 4.61. The molecule has 3 aromatic rings. The highest BCUT2D eigenvalue weighted by molar-refractivity contribution is 6.46. The molecule has 38 heavy (non-hydrogen) atoms. The minimum absolute atomic E-state index is 0.0422.